The lowest BCUT2D eigenvalue weighted by atomic mass is 9.72. The summed E-state index contributed by atoms with van der Waals surface area (Å²) in [5.41, 5.74) is 6.16. The molecule has 3 atom stereocenters. The van der Waals surface area contributed by atoms with Crippen LogP contribution in [0.5, 0.6) is 11.5 Å². The van der Waals surface area contributed by atoms with Gasteiger partial charge in [0.1, 0.15) is 37.9 Å². The molecule has 2 fully saturated rings. The molecule has 0 spiro atoms. The number of hydrogen-bond donors (Lipinski definition) is 0. The number of ether oxygens (including phenoxy) is 6. The van der Waals surface area contributed by atoms with Crippen molar-refractivity contribution in [3.63, 3.8) is 0 Å². The van der Waals surface area contributed by atoms with Crippen molar-refractivity contribution < 1.29 is 56.0 Å². The van der Waals surface area contributed by atoms with Gasteiger partial charge in [-0.15, -0.1) is 0 Å². The summed E-state index contributed by atoms with van der Waals surface area (Å²) in [5, 5.41) is 0. The molecular weight excluding hydrogens is 1040 g/mol. The second-order valence-corrected chi connectivity index (χ2v) is 21.4. The molecule has 0 amide bonds. The average Bonchev–Trinajstić information content (AvgIpc) is 4.20. The van der Waals surface area contributed by atoms with E-state index in [1.165, 1.54) is 54.3 Å². The molecule has 2 aromatic heterocycles. The van der Waals surface area contributed by atoms with Gasteiger partial charge in [0.05, 0.1) is 24.7 Å². The molecule has 1 aliphatic carbocycles. The smallest absolute Gasteiger partial charge is 0.493 e. The van der Waals surface area contributed by atoms with E-state index in [4.69, 9.17) is 28.4 Å². The molecule has 4 heterocycles. The Morgan fingerprint density at radius 1 is 0.716 bits per heavy atom. The van der Waals surface area contributed by atoms with Crippen molar-refractivity contribution in [2.24, 2.45) is 23.2 Å². The van der Waals surface area contributed by atoms with Crippen molar-refractivity contribution in [1.82, 2.24) is 19.9 Å². The van der Waals surface area contributed by atoms with Gasteiger partial charge >= 0.3 is 24.3 Å². The van der Waals surface area contributed by atoms with E-state index in [-0.39, 0.29) is 73.4 Å². The number of para-hydroxylation sites is 2. The van der Waals surface area contributed by atoms with Gasteiger partial charge in [0.15, 0.2) is 11.4 Å². The first-order chi connectivity index (χ1) is 38.7. The summed E-state index contributed by atoms with van der Waals surface area (Å²) >= 11 is 0. The molecule has 3 aliphatic rings. The zero-order valence-electron chi connectivity index (χ0n) is 48.6. The normalized spacial score (nSPS) is 17.9. The van der Waals surface area contributed by atoms with Gasteiger partial charge in [-0.3, -0.25) is 0 Å². The second-order valence-electron chi connectivity index (χ2n) is 21.4. The fourth-order valence-corrected chi connectivity index (χ4v) is 9.71. The number of alkyl halides is 3. The van der Waals surface area contributed by atoms with Crippen LogP contribution in [0.15, 0.2) is 119 Å². The number of allylic oxidation sites excluding steroid dienone is 9. The van der Waals surface area contributed by atoms with E-state index in [0.717, 1.165) is 41.4 Å². The van der Waals surface area contributed by atoms with Crippen LogP contribution < -0.4 is 19.3 Å². The van der Waals surface area contributed by atoms with Crippen LogP contribution in [0.3, 0.4) is 0 Å². The summed E-state index contributed by atoms with van der Waals surface area (Å²) in [4.78, 5) is 62.3. The summed E-state index contributed by atoms with van der Waals surface area (Å²) in [6.07, 6.45) is 11.4. The van der Waals surface area contributed by atoms with Gasteiger partial charge in [0.2, 0.25) is 11.9 Å². The number of hydrogen-bond acceptors (Lipinski definition) is 15. The Bertz CT molecular complexity index is 2950. The van der Waals surface area contributed by atoms with Gasteiger partial charge in [-0.1, -0.05) is 105 Å². The highest BCUT2D eigenvalue weighted by Crippen LogP contribution is 2.41. The number of carbonyl (C=O) groups is 3. The van der Waals surface area contributed by atoms with Crippen LogP contribution in [0.1, 0.15) is 124 Å². The minimum atomic E-state index is -4.56. The van der Waals surface area contributed by atoms with E-state index < -0.39 is 35.8 Å². The maximum absolute atomic E-state index is 13.7. The van der Waals surface area contributed by atoms with E-state index in [2.05, 4.69) is 59.8 Å². The molecule has 2 aliphatic heterocycles. The van der Waals surface area contributed by atoms with Gasteiger partial charge in [-0.2, -0.15) is 13.2 Å². The molecule has 2 saturated heterocycles. The zero-order chi connectivity index (χ0) is 58.7. The number of nitrogens with zero attached hydrogens (tertiary/aromatic N) is 6. The first kappa shape index (κ1) is 62.7. The molecule has 81 heavy (non-hydrogen) atoms. The Hall–Kier alpha value is -7.50. The quantitative estimate of drug-likeness (QED) is 0.0414. The lowest BCUT2D eigenvalue weighted by Crippen LogP contribution is -2.28. The third-order valence-corrected chi connectivity index (χ3v) is 14.2. The van der Waals surface area contributed by atoms with Gasteiger partial charge in [-0.05, 0) is 127 Å². The Morgan fingerprint density at radius 3 is 1.83 bits per heavy atom. The monoisotopic (exact) mass is 1120 g/mol. The predicted octanol–water partition coefficient (Wildman–Crippen LogP) is 13.4. The molecule has 4 aromatic rings. The van der Waals surface area contributed by atoms with Crippen LogP contribution in [0.25, 0.3) is 0 Å². The summed E-state index contributed by atoms with van der Waals surface area (Å²) in [5.74, 6) is -1.12. The lowest BCUT2D eigenvalue weighted by Gasteiger charge is -2.32. The Labute approximate surface area is 475 Å². The van der Waals surface area contributed by atoms with Crippen LogP contribution in [-0.4, -0.2) is 104 Å². The van der Waals surface area contributed by atoms with Crippen molar-refractivity contribution >= 4 is 30.0 Å². The van der Waals surface area contributed by atoms with Crippen LogP contribution >= 0.6 is 0 Å². The fourth-order valence-electron chi connectivity index (χ4n) is 9.71. The van der Waals surface area contributed by atoms with E-state index in [9.17, 15) is 27.6 Å². The highest BCUT2D eigenvalue weighted by Gasteiger charge is 2.35. The number of anilines is 2. The first-order valence-electron chi connectivity index (χ1n) is 27.9. The van der Waals surface area contributed by atoms with E-state index in [1.807, 2.05) is 80.0 Å². The minimum absolute atomic E-state index is 0.0264. The largest absolute Gasteiger partial charge is 0.508 e. The van der Waals surface area contributed by atoms with Gasteiger partial charge in [0, 0.05) is 49.4 Å². The number of aryl methyl sites for hydroxylation is 3. The maximum Gasteiger partial charge on any atom is 0.508 e. The van der Waals surface area contributed by atoms with Crippen molar-refractivity contribution in [3.8, 4) is 11.5 Å². The molecule has 0 radical (unpaired) electrons. The van der Waals surface area contributed by atoms with Crippen LogP contribution in [-0.2, 0) is 25.1 Å². The van der Waals surface area contributed by atoms with E-state index >= 15 is 0 Å². The standard InChI is InChI=1S/C61H73F3N6O9.C2H6/c1-40(22-23-49-42(3)18-14-27-60(49,7)8)15-13-16-41(2)26-30-74-59(73)79-39-48(37-77-55(71)51-31-44(5)65-57(67-51)69-28-24-46(33-69)35-75-53-20-11-9-17-43(53)4)38-78-56(72)52-32-45(6)66-58(68-52)70-29-25-47(34-70)36-76-54-21-12-10-19-50(54)61(62,63)64;1-2/h9-13,15-17,19-23,26,31-32,46-48H,14,18,24-25,27-30,33-39H2,1-8H3;1-2H3/b16-13+,23-22+,40-15+,41-26+;. The molecule has 3 unspecified atom stereocenters. The zero-order valence-corrected chi connectivity index (χ0v) is 48.6. The van der Waals surface area contributed by atoms with Gasteiger partial charge in [0.25, 0.3) is 0 Å². The number of carbonyl (C=O) groups excluding carboxylic acids is 3. The lowest BCUT2D eigenvalue weighted by molar-refractivity contribution is -0.139. The number of rotatable bonds is 22. The molecular formula is C63H79F3N6O9. The summed E-state index contributed by atoms with van der Waals surface area (Å²) in [6.45, 7) is 21.8. The van der Waals surface area contributed by atoms with Crippen LogP contribution in [0.2, 0.25) is 0 Å². The van der Waals surface area contributed by atoms with Gasteiger partial charge < -0.3 is 38.2 Å². The van der Waals surface area contributed by atoms with Gasteiger partial charge in [-0.25, -0.2) is 34.3 Å². The first-order valence-corrected chi connectivity index (χ1v) is 27.9. The molecule has 18 heteroatoms. The number of halogens is 3. The summed E-state index contributed by atoms with van der Waals surface area (Å²) in [7, 11) is 0. The predicted molar refractivity (Wildman–Crippen MR) is 307 cm³/mol. The highest BCUT2D eigenvalue weighted by atomic mass is 19.4. The molecule has 0 bridgehead atoms. The topological polar surface area (TPSA) is 165 Å². The minimum Gasteiger partial charge on any atom is -0.493 e. The summed E-state index contributed by atoms with van der Waals surface area (Å²) in [6, 6.07) is 15.9. The average molecular weight is 1120 g/mol. The molecule has 436 valence electrons. The molecule has 2 aromatic carbocycles. The number of aromatic nitrogens is 4. The van der Waals surface area contributed by atoms with E-state index in [0.29, 0.717) is 56.5 Å². The third-order valence-electron chi connectivity index (χ3n) is 14.2. The van der Waals surface area contributed by atoms with Crippen LogP contribution in [0.4, 0.5) is 29.9 Å². The highest BCUT2D eigenvalue weighted by molar-refractivity contribution is 5.88. The molecule has 0 N–H and O–H groups in total. The maximum atomic E-state index is 13.7. The number of benzene rings is 2. The van der Waals surface area contributed by atoms with Crippen molar-refractivity contribution in [2.45, 2.75) is 108 Å². The molecule has 7 rings (SSSR count). The molecule has 0 saturated carbocycles. The SMILES string of the molecule is CC.CC1=C(/C=C/C(C)=C/C=C/C(C)=C/COC(=O)OCC(COC(=O)c2cc(C)nc(N3CCC(COc4ccccc4C)C3)n2)COC(=O)c2cc(C)nc(N3CCC(COc4ccccc4C(F)(F)F)C3)n2)C(C)(C)CCC1. The molecule has 15 nitrogen and oxygen atoms in total. The fraction of sp³-hybridized carbons (Fsp3) is 0.476. The Balaban J connectivity index is 0.00000522. The summed E-state index contributed by atoms with van der Waals surface area (Å²) < 4.78 is 74.8. The Kier molecular flexibility index (Phi) is 23.1. The van der Waals surface area contributed by atoms with Crippen molar-refractivity contribution in [1.29, 1.82) is 0 Å². The second kappa shape index (κ2) is 29.8. The number of esters is 2. The van der Waals surface area contributed by atoms with Crippen molar-refractivity contribution in [2.75, 3.05) is 75.6 Å². The van der Waals surface area contributed by atoms with Crippen LogP contribution in [0, 0.1) is 43.9 Å². The van der Waals surface area contributed by atoms with Crippen molar-refractivity contribution in [3.05, 3.63) is 153 Å². The Morgan fingerprint density at radius 2 is 1.26 bits per heavy atom. The van der Waals surface area contributed by atoms with E-state index in [1.54, 1.807) is 19.9 Å². The third kappa shape index (κ3) is 19.1.